The monoisotopic (exact) mass is 333 g/mol. The molecule has 1 aliphatic heterocycles. The van der Waals surface area contributed by atoms with Gasteiger partial charge >= 0.3 is 0 Å². The summed E-state index contributed by atoms with van der Waals surface area (Å²) in [5, 5.41) is 4.09. The first-order valence-corrected chi connectivity index (χ1v) is 8.01. The van der Waals surface area contributed by atoms with Gasteiger partial charge in [0.15, 0.2) is 11.5 Å². The van der Waals surface area contributed by atoms with Crippen molar-refractivity contribution in [3.63, 3.8) is 0 Å². The number of ether oxygens (including phenoxy) is 3. The van der Waals surface area contributed by atoms with Gasteiger partial charge in [0.25, 0.3) is 0 Å². The number of methoxy groups -OCH3 is 2. The predicted molar refractivity (Wildman–Crippen MR) is 88.1 cm³/mol. The van der Waals surface area contributed by atoms with Crippen LogP contribution in [-0.4, -0.2) is 54.6 Å². The van der Waals surface area contributed by atoms with E-state index in [1.807, 2.05) is 18.2 Å². The second-order valence-corrected chi connectivity index (χ2v) is 6.00. The molecule has 0 radical (unpaired) electrons. The Morgan fingerprint density at radius 2 is 2.00 bits per heavy atom. The van der Waals surface area contributed by atoms with E-state index in [-0.39, 0.29) is 6.10 Å². The lowest BCUT2D eigenvalue weighted by Crippen LogP contribution is -2.46. The summed E-state index contributed by atoms with van der Waals surface area (Å²) in [5.41, 5.74) is 0.825. The Balaban J connectivity index is 1.75. The topological polar surface area (TPSA) is 69.9 Å². The fraction of sp³-hybridized carbons (Fsp3) is 0.529. The van der Waals surface area contributed by atoms with Crippen molar-refractivity contribution in [1.29, 1.82) is 0 Å². The molecule has 3 rings (SSSR count). The van der Waals surface area contributed by atoms with Crippen LogP contribution in [0, 0.1) is 0 Å². The standard InChI is InChI=1S/C17H23N3O4/c1-11-10-23-12(2)8-20(11)9-16-18-17(19-24-16)13-5-6-14(21-3)15(7-13)22-4/h5-7,11-12H,8-10H2,1-4H3. The van der Waals surface area contributed by atoms with Crippen LogP contribution in [0.5, 0.6) is 11.5 Å². The number of benzene rings is 1. The lowest BCUT2D eigenvalue weighted by molar-refractivity contribution is -0.0555. The summed E-state index contributed by atoms with van der Waals surface area (Å²) in [4.78, 5) is 6.80. The lowest BCUT2D eigenvalue weighted by Gasteiger charge is -2.35. The molecule has 1 aromatic carbocycles. The van der Waals surface area contributed by atoms with Crippen molar-refractivity contribution in [2.24, 2.45) is 0 Å². The largest absolute Gasteiger partial charge is 0.493 e. The molecule has 2 aromatic rings. The summed E-state index contributed by atoms with van der Waals surface area (Å²) in [6.45, 7) is 6.40. The van der Waals surface area contributed by atoms with Gasteiger partial charge < -0.3 is 18.7 Å². The molecular formula is C17H23N3O4. The van der Waals surface area contributed by atoms with E-state index in [4.69, 9.17) is 18.7 Å². The first-order chi connectivity index (χ1) is 11.6. The van der Waals surface area contributed by atoms with E-state index in [9.17, 15) is 0 Å². The summed E-state index contributed by atoms with van der Waals surface area (Å²) in [6, 6.07) is 5.88. The molecule has 2 heterocycles. The van der Waals surface area contributed by atoms with Crippen molar-refractivity contribution in [2.45, 2.75) is 32.5 Å². The third-order valence-electron chi connectivity index (χ3n) is 4.19. The van der Waals surface area contributed by atoms with Crippen LogP contribution in [0.15, 0.2) is 22.7 Å². The van der Waals surface area contributed by atoms with Crippen LogP contribution in [-0.2, 0) is 11.3 Å². The van der Waals surface area contributed by atoms with Crippen LogP contribution in [0.3, 0.4) is 0 Å². The van der Waals surface area contributed by atoms with Crippen molar-refractivity contribution in [1.82, 2.24) is 15.0 Å². The first kappa shape index (κ1) is 16.7. The zero-order valence-electron chi connectivity index (χ0n) is 14.5. The van der Waals surface area contributed by atoms with Crippen molar-refractivity contribution >= 4 is 0 Å². The van der Waals surface area contributed by atoms with Gasteiger partial charge in [0, 0.05) is 18.2 Å². The van der Waals surface area contributed by atoms with Crippen LogP contribution in [0.4, 0.5) is 0 Å². The number of hydrogen-bond donors (Lipinski definition) is 0. The van der Waals surface area contributed by atoms with Crippen LogP contribution in [0.2, 0.25) is 0 Å². The molecule has 0 bridgehead atoms. The highest BCUT2D eigenvalue weighted by molar-refractivity contribution is 5.60. The van der Waals surface area contributed by atoms with E-state index in [0.717, 1.165) is 18.7 Å². The van der Waals surface area contributed by atoms with Crippen molar-refractivity contribution in [3.05, 3.63) is 24.1 Å². The van der Waals surface area contributed by atoms with Gasteiger partial charge in [-0.2, -0.15) is 4.98 Å². The molecule has 0 aliphatic carbocycles. The Hall–Kier alpha value is -2.12. The van der Waals surface area contributed by atoms with Crippen molar-refractivity contribution in [3.8, 4) is 22.9 Å². The van der Waals surface area contributed by atoms with Crippen LogP contribution in [0.25, 0.3) is 11.4 Å². The number of hydrogen-bond acceptors (Lipinski definition) is 7. The van der Waals surface area contributed by atoms with Crippen LogP contribution >= 0.6 is 0 Å². The summed E-state index contributed by atoms with van der Waals surface area (Å²) in [7, 11) is 3.21. The molecule has 0 N–H and O–H groups in total. The quantitative estimate of drug-likeness (QED) is 0.832. The molecule has 7 heteroatoms. The normalized spacial score (nSPS) is 21.7. The molecule has 1 saturated heterocycles. The molecule has 2 unspecified atom stereocenters. The van der Waals surface area contributed by atoms with E-state index < -0.39 is 0 Å². The SMILES string of the molecule is COc1ccc(-c2noc(CN3CC(C)OCC3C)n2)cc1OC. The molecule has 7 nitrogen and oxygen atoms in total. The van der Waals surface area contributed by atoms with E-state index >= 15 is 0 Å². The van der Waals surface area contributed by atoms with Crippen LogP contribution < -0.4 is 9.47 Å². The maximum atomic E-state index is 5.65. The summed E-state index contributed by atoms with van der Waals surface area (Å²) >= 11 is 0. The summed E-state index contributed by atoms with van der Waals surface area (Å²) < 4.78 is 21.6. The maximum absolute atomic E-state index is 5.65. The molecule has 0 saturated carbocycles. The molecule has 0 spiro atoms. The Kier molecular flexibility index (Phi) is 5.01. The minimum Gasteiger partial charge on any atom is -0.493 e. The van der Waals surface area contributed by atoms with E-state index in [1.165, 1.54) is 0 Å². The number of morpholine rings is 1. The third kappa shape index (κ3) is 3.52. The number of nitrogens with zero attached hydrogens (tertiary/aromatic N) is 3. The van der Waals surface area contributed by atoms with E-state index in [1.54, 1.807) is 14.2 Å². The summed E-state index contributed by atoms with van der Waals surface area (Å²) in [5.74, 6) is 2.44. The van der Waals surface area contributed by atoms with Gasteiger partial charge in [0.05, 0.1) is 33.5 Å². The Morgan fingerprint density at radius 3 is 2.75 bits per heavy atom. The highest BCUT2D eigenvalue weighted by atomic mass is 16.5. The predicted octanol–water partition coefficient (Wildman–Crippen LogP) is 2.36. The minimum absolute atomic E-state index is 0.217. The Labute approximate surface area is 141 Å². The van der Waals surface area contributed by atoms with Crippen molar-refractivity contribution in [2.75, 3.05) is 27.4 Å². The smallest absolute Gasteiger partial charge is 0.241 e. The van der Waals surface area contributed by atoms with Crippen molar-refractivity contribution < 1.29 is 18.7 Å². The van der Waals surface area contributed by atoms with E-state index in [0.29, 0.717) is 35.8 Å². The lowest BCUT2D eigenvalue weighted by atomic mass is 10.2. The van der Waals surface area contributed by atoms with Gasteiger partial charge in [-0.3, -0.25) is 4.90 Å². The Morgan fingerprint density at radius 1 is 1.21 bits per heavy atom. The van der Waals surface area contributed by atoms with Gasteiger partial charge in [-0.25, -0.2) is 0 Å². The second kappa shape index (κ2) is 7.19. The minimum atomic E-state index is 0.217. The molecule has 1 aromatic heterocycles. The maximum Gasteiger partial charge on any atom is 0.241 e. The third-order valence-corrected chi connectivity index (χ3v) is 4.19. The zero-order valence-corrected chi connectivity index (χ0v) is 14.5. The molecule has 0 amide bonds. The molecule has 2 atom stereocenters. The van der Waals surface area contributed by atoms with Gasteiger partial charge in [-0.1, -0.05) is 5.16 Å². The van der Waals surface area contributed by atoms with Gasteiger partial charge in [0.1, 0.15) is 0 Å². The fourth-order valence-electron chi connectivity index (χ4n) is 2.78. The molecule has 1 fully saturated rings. The molecule has 1 aliphatic rings. The Bertz CT molecular complexity index is 688. The van der Waals surface area contributed by atoms with Crippen LogP contribution in [0.1, 0.15) is 19.7 Å². The second-order valence-electron chi connectivity index (χ2n) is 6.00. The van der Waals surface area contributed by atoms with Gasteiger partial charge in [-0.15, -0.1) is 0 Å². The first-order valence-electron chi connectivity index (χ1n) is 8.01. The van der Waals surface area contributed by atoms with Gasteiger partial charge in [-0.05, 0) is 32.0 Å². The highest BCUT2D eigenvalue weighted by Gasteiger charge is 2.25. The number of rotatable bonds is 5. The average molecular weight is 333 g/mol. The molecule has 130 valence electrons. The molecule has 24 heavy (non-hydrogen) atoms. The van der Waals surface area contributed by atoms with Gasteiger partial charge in [0.2, 0.25) is 11.7 Å². The average Bonchev–Trinajstić information content (AvgIpc) is 3.06. The highest BCUT2D eigenvalue weighted by Crippen LogP contribution is 2.31. The number of aromatic nitrogens is 2. The zero-order chi connectivity index (χ0) is 17.1. The summed E-state index contributed by atoms with van der Waals surface area (Å²) in [6.07, 6.45) is 0.217. The molecular weight excluding hydrogens is 310 g/mol. The fourth-order valence-corrected chi connectivity index (χ4v) is 2.78. The van der Waals surface area contributed by atoms with E-state index in [2.05, 4.69) is 28.9 Å².